The number of halogens is 1. The van der Waals surface area contributed by atoms with Crippen molar-refractivity contribution >= 4 is 23.2 Å². The van der Waals surface area contributed by atoms with E-state index in [9.17, 15) is 4.79 Å². The minimum Gasteiger partial charge on any atom is -0.367 e. The molecule has 2 rings (SSSR count). The van der Waals surface area contributed by atoms with Gasteiger partial charge >= 0.3 is 0 Å². The summed E-state index contributed by atoms with van der Waals surface area (Å²) in [6.07, 6.45) is 0. The monoisotopic (exact) mass is 267 g/mol. The molecule has 1 aromatic rings. The number of nitrogens with zero attached hydrogens (tertiary/aromatic N) is 2. The summed E-state index contributed by atoms with van der Waals surface area (Å²) >= 11 is 6.16. The van der Waals surface area contributed by atoms with E-state index in [1.807, 2.05) is 29.2 Å². The molecule has 1 saturated heterocycles. The van der Waals surface area contributed by atoms with Gasteiger partial charge in [0.1, 0.15) is 0 Å². The van der Waals surface area contributed by atoms with Gasteiger partial charge in [-0.2, -0.15) is 0 Å². The molecule has 1 aliphatic heterocycles. The molecule has 0 aliphatic carbocycles. The van der Waals surface area contributed by atoms with E-state index in [0.717, 1.165) is 23.8 Å². The Balaban J connectivity index is 1.99. The molecule has 2 N–H and O–H groups in total. The highest BCUT2D eigenvalue weighted by Gasteiger charge is 2.23. The minimum absolute atomic E-state index is 0.0220. The SMILES string of the molecule is C[C@H](N)C(=O)N1CCN(c2ccccc2Cl)CC1. The third kappa shape index (κ3) is 2.76. The van der Waals surface area contributed by atoms with E-state index >= 15 is 0 Å². The first-order chi connectivity index (χ1) is 8.59. The normalized spacial score (nSPS) is 17.7. The van der Waals surface area contributed by atoms with Gasteiger partial charge in [0.15, 0.2) is 0 Å². The Morgan fingerprint density at radius 2 is 1.89 bits per heavy atom. The maximum Gasteiger partial charge on any atom is 0.239 e. The fourth-order valence-corrected chi connectivity index (χ4v) is 2.42. The average molecular weight is 268 g/mol. The molecule has 98 valence electrons. The fraction of sp³-hybridized carbons (Fsp3) is 0.462. The summed E-state index contributed by atoms with van der Waals surface area (Å²) < 4.78 is 0. The molecule has 5 heteroatoms. The smallest absolute Gasteiger partial charge is 0.239 e. The van der Waals surface area contributed by atoms with E-state index in [4.69, 9.17) is 17.3 Å². The molecule has 0 radical (unpaired) electrons. The minimum atomic E-state index is -0.420. The van der Waals surface area contributed by atoms with Crippen molar-refractivity contribution in [2.75, 3.05) is 31.1 Å². The van der Waals surface area contributed by atoms with Gasteiger partial charge in [0, 0.05) is 26.2 Å². The van der Waals surface area contributed by atoms with Crippen LogP contribution in [0.3, 0.4) is 0 Å². The van der Waals surface area contributed by atoms with Crippen LogP contribution in [-0.2, 0) is 4.79 Å². The van der Waals surface area contributed by atoms with Crippen molar-refractivity contribution in [3.8, 4) is 0 Å². The van der Waals surface area contributed by atoms with Crippen LogP contribution in [0.4, 0.5) is 5.69 Å². The summed E-state index contributed by atoms with van der Waals surface area (Å²) in [5.74, 6) is 0.0220. The van der Waals surface area contributed by atoms with Crippen molar-refractivity contribution in [2.45, 2.75) is 13.0 Å². The highest BCUT2D eigenvalue weighted by atomic mass is 35.5. The number of carbonyl (C=O) groups is 1. The number of nitrogens with two attached hydrogens (primary N) is 1. The fourth-order valence-electron chi connectivity index (χ4n) is 2.16. The van der Waals surface area contributed by atoms with Gasteiger partial charge in [0.2, 0.25) is 5.91 Å². The van der Waals surface area contributed by atoms with Crippen LogP contribution < -0.4 is 10.6 Å². The number of amides is 1. The molecule has 0 saturated carbocycles. The van der Waals surface area contributed by atoms with E-state index in [2.05, 4.69) is 4.90 Å². The second-order valence-electron chi connectivity index (χ2n) is 4.55. The van der Waals surface area contributed by atoms with Crippen LogP contribution in [0.2, 0.25) is 5.02 Å². The van der Waals surface area contributed by atoms with Crippen LogP contribution in [0.5, 0.6) is 0 Å². The van der Waals surface area contributed by atoms with Crippen LogP contribution in [0.25, 0.3) is 0 Å². The Morgan fingerprint density at radius 1 is 1.28 bits per heavy atom. The summed E-state index contributed by atoms with van der Waals surface area (Å²) in [6, 6.07) is 7.36. The first kappa shape index (κ1) is 13.2. The molecule has 0 spiro atoms. The molecular formula is C13H18ClN3O. The third-order valence-corrected chi connectivity index (χ3v) is 3.49. The van der Waals surface area contributed by atoms with Crippen molar-refractivity contribution in [3.63, 3.8) is 0 Å². The van der Waals surface area contributed by atoms with Crippen molar-refractivity contribution in [1.29, 1.82) is 0 Å². The van der Waals surface area contributed by atoms with Crippen molar-refractivity contribution in [2.24, 2.45) is 5.73 Å². The zero-order valence-corrected chi connectivity index (χ0v) is 11.2. The molecule has 1 aromatic carbocycles. The number of anilines is 1. The highest BCUT2D eigenvalue weighted by molar-refractivity contribution is 6.33. The Bertz CT molecular complexity index is 428. The quantitative estimate of drug-likeness (QED) is 0.880. The standard InChI is InChI=1S/C13H18ClN3O/c1-10(15)13(18)17-8-6-16(7-9-17)12-5-3-2-4-11(12)14/h2-5,10H,6-9,15H2,1H3/t10-/m0/s1. The molecule has 1 heterocycles. The van der Waals surface area contributed by atoms with Gasteiger partial charge in [-0.1, -0.05) is 23.7 Å². The second-order valence-corrected chi connectivity index (χ2v) is 4.96. The summed E-state index contributed by atoms with van der Waals surface area (Å²) in [4.78, 5) is 15.8. The summed E-state index contributed by atoms with van der Waals surface area (Å²) in [5.41, 5.74) is 6.65. The first-order valence-corrected chi connectivity index (χ1v) is 6.51. The molecule has 1 amide bonds. The predicted octanol–water partition coefficient (Wildman–Crippen LogP) is 1.34. The van der Waals surface area contributed by atoms with Gasteiger partial charge in [-0.3, -0.25) is 4.79 Å². The zero-order valence-electron chi connectivity index (χ0n) is 10.5. The van der Waals surface area contributed by atoms with Gasteiger partial charge in [-0.05, 0) is 19.1 Å². The lowest BCUT2D eigenvalue weighted by Crippen LogP contribution is -2.52. The number of para-hydroxylation sites is 1. The number of carbonyl (C=O) groups excluding carboxylic acids is 1. The lowest BCUT2D eigenvalue weighted by Gasteiger charge is -2.37. The highest BCUT2D eigenvalue weighted by Crippen LogP contribution is 2.25. The molecule has 0 aromatic heterocycles. The topological polar surface area (TPSA) is 49.6 Å². The number of benzene rings is 1. The van der Waals surface area contributed by atoms with E-state index in [1.165, 1.54) is 0 Å². The lowest BCUT2D eigenvalue weighted by atomic mass is 10.2. The predicted molar refractivity (Wildman–Crippen MR) is 73.9 cm³/mol. The van der Waals surface area contributed by atoms with E-state index in [1.54, 1.807) is 6.92 Å². The largest absolute Gasteiger partial charge is 0.367 e. The Kier molecular flexibility index (Phi) is 4.09. The lowest BCUT2D eigenvalue weighted by molar-refractivity contribution is -0.132. The molecular weight excluding hydrogens is 250 g/mol. The molecule has 0 unspecified atom stereocenters. The molecule has 4 nitrogen and oxygen atoms in total. The van der Waals surface area contributed by atoms with Crippen LogP contribution in [0.1, 0.15) is 6.92 Å². The third-order valence-electron chi connectivity index (χ3n) is 3.17. The Hall–Kier alpha value is -1.26. The number of hydrogen-bond acceptors (Lipinski definition) is 3. The van der Waals surface area contributed by atoms with Crippen molar-refractivity contribution < 1.29 is 4.79 Å². The van der Waals surface area contributed by atoms with E-state index < -0.39 is 6.04 Å². The molecule has 1 atom stereocenters. The average Bonchev–Trinajstić information content (AvgIpc) is 2.38. The number of hydrogen-bond donors (Lipinski definition) is 1. The summed E-state index contributed by atoms with van der Waals surface area (Å²) in [7, 11) is 0. The van der Waals surface area contributed by atoms with Crippen molar-refractivity contribution in [3.05, 3.63) is 29.3 Å². The maximum atomic E-state index is 11.8. The zero-order chi connectivity index (χ0) is 13.1. The van der Waals surface area contributed by atoms with Gasteiger partial charge in [0.25, 0.3) is 0 Å². The van der Waals surface area contributed by atoms with Gasteiger partial charge in [-0.25, -0.2) is 0 Å². The Labute approximate surface area is 112 Å². The molecule has 18 heavy (non-hydrogen) atoms. The van der Waals surface area contributed by atoms with E-state index in [-0.39, 0.29) is 5.91 Å². The summed E-state index contributed by atoms with van der Waals surface area (Å²) in [5, 5.41) is 0.754. The number of piperazine rings is 1. The van der Waals surface area contributed by atoms with Crippen LogP contribution >= 0.6 is 11.6 Å². The van der Waals surface area contributed by atoms with Gasteiger partial charge in [-0.15, -0.1) is 0 Å². The molecule has 1 fully saturated rings. The summed E-state index contributed by atoms with van der Waals surface area (Å²) in [6.45, 7) is 4.71. The maximum absolute atomic E-state index is 11.8. The van der Waals surface area contributed by atoms with E-state index in [0.29, 0.717) is 13.1 Å². The van der Waals surface area contributed by atoms with Crippen LogP contribution in [-0.4, -0.2) is 43.0 Å². The van der Waals surface area contributed by atoms with Crippen LogP contribution in [0.15, 0.2) is 24.3 Å². The first-order valence-electron chi connectivity index (χ1n) is 6.13. The van der Waals surface area contributed by atoms with Crippen molar-refractivity contribution in [1.82, 2.24) is 4.90 Å². The second kappa shape index (κ2) is 5.59. The Morgan fingerprint density at radius 3 is 2.44 bits per heavy atom. The number of rotatable bonds is 2. The van der Waals surface area contributed by atoms with Gasteiger partial charge in [0.05, 0.1) is 16.8 Å². The molecule has 1 aliphatic rings. The molecule has 0 bridgehead atoms. The van der Waals surface area contributed by atoms with Crippen LogP contribution in [0, 0.1) is 0 Å². The van der Waals surface area contributed by atoms with Gasteiger partial charge < -0.3 is 15.5 Å².